The van der Waals surface area contributed by atoms with Crippen molar-refractivity contribution in [3.8, 4) is 0 Å². The first-order valence-electron chi connectivity index (χ1n) is 4.16. The molecule has 16 heavy (non-hydrogen) atoms. The molecule has 0 spiro atoms. The van der Waals surface area contributed by atoms with E-state index in [1.807, 2.05) is 67.8 Å². The molecule has 0 radical (unpaired) electrons. The van der Waals surface area contributed by atoms with Crippen molar-refractivity contribution < 1.29 is 15.0 Å². The Balaban J connectivity index is 3.73. The van der Waals surface area contributed by atoms with Crippen molar-refractivity contribution in [2.75, 3.05) is 5.73 Å². The number of rotatable bonds is 2. The van der Waals surface area contributed by atoms with E-state index < -0.39 is 12.1 Å². The Morgan fingerprint density at radius 3 is 2.12 bits per heavy atom. The van der Waals surface area contributed by atoms with Gasteiger partial charge in [0.05, 0.1) is 20.9 Å². The van der Waals surface area contributed by atoms with Gasteiger partial charge < -0.3 is 15.9 Å². The minimum atomic E-state index is -1.03. The van der Waals surface area contributed by atoms with Crippen LogP contribution in [0.15, 0.2) is 0 Å². The Labute approximate surface area is 133 Å². The summed E-state index contributed by atoms with van der Waals surface area (Å²) in [6.07, 6.45) is -0.740. The molecule has 88 valence electrons. The Bertz CT molecular complexity index is 460. The number of carbonyl (C=O) groups is 1. The van der Waals surface area contributed by atoms with Crippen molar-refractivity contribution in [3.63, 3.8) is 0 Å². The highest BCUT2D eigenvalue weighted by molar-refractivity contribution is 14.1. The van der Waals surface area contributed by atoms with Crippen molar-refractivity contribution in [3.05, 3.63) is 21.8 Å². The quantitative estimate of drug-likeness (QED) is 0.385. The summed E-state index contributed by atoms with van der Waals surface area (Å²) in [5.74, 6) is -1.03. The van der Waals surface area contributed by atoms with E-state index in [9.17, 15) is 9.90 Å². The predicted molar refractivity (Wildman–Crippen MR) is 86.6 cm³/mol. The standard InChI is InChI=1S/C9H8I3NO3/c1-2(14)3-5(10)4(9(15)16)7(12)8(13)6(3)11/h2,14H,13H2,1H3,(H,15,16). The number of halogens is 3. The predicted octanol–water partition coefficient (Wildman–Crippen LogP) is 2.83. The number of hydrogen-bond acceptors (Lipinski definition) is 3. The number of nitrogen functional groups attached to an aromatic ring is 1. The molecule has 1 rings (SSSR count). The summed E-state index contributed by atoms with van der Waals surface area (Å²) < 4.78 is 1.78. The molecule has 4 nitrogen and oxygen atoms in total. The summed E-state index contributed by atoms with van der Waals surface area (Å²) in [4.78, 5) is 11.1. The summed E-state index contributed by atoms with van der Waals surface area (Å²) in [6, 6.07) is 0. The highest BCUT2D eigenvalue weighted by atomic mass is 127. The van der Waals surface area contributed by atoms with Crippen molar-refractivity contribution in [1.82, 2.24) is 0 Å². The first-order chi connectivity index (χ1) is 7.29. The zero-order valence-corrected chi connectivity index (χ0v) is 14.6. The first kappa shape index (κ1) is 14.7. The fraction of sp³-hybridized carbons (Fsp3) is 0.222. The molecule has 7 heteroatoms. The van der Waals surface area contributed by atoms with Crippen LogP contribution in [0.25, 0.3) is 0 Å². The number of anilines is 1. The van der Waals surface area contributed by atoms with Gasteiger partial charge in [-0.2, -0.15) is 0 Å². The van der Waals surface area contributed by atoms with Crippen LogP contribution in [0.3, 0.4) is 0 Å². The molecule has 1 unspecified atom stereocenters. The Hall–Kier alpha value is 0.640. The van der Waals surface area contributed by atoms with Crippen molar-refractivity contribution in [2.45, 2.75) is 13.0 Å². The average Bonchev–Trinajstić information content (AvgIpc) is 2.13. The van der Waals surface area contributed by atoms with E-state index in [0.717, 1.165) is 0 Å². The Kier molecular flexibility index (Phi) is 5.07. The van der Waals surface area contributed by atoms with Gasteiger partial charge in [-0.1, -0.05) is 0 Å². The molecule has 0 bridgehead atoms. The second kappa shape index (κ2) is 5.52. The molecule has 1 atom stereocenters. The normalized spacial score (nSPS) is 12.6. The fourth-order valence-electron chi connectivity index (χ4n) is 1.26. The number of aromatic carboxylic acids is 1. The van der Waals surface area contributed by atoms with Crippen LogP contribution >= 0.6 is 67.8 Å². The van der Waals surface area contributed by atoms with Crippen LogP contribution in [-0.2, 0) is 0 Å². The molecule has 0 aliphatic rings. The summed E-state index contributed by atoms with van der Waals surface area (Å²) in [7, 11) is 0. The van der Waals surface area contributed by atoms with E-state index >= 15 is 0 Å². The molecule has 4 N–H and O–H groups in total. The van der Waals surface area contributed by atoms with E-state index in [1.54, 1.807) is 6.92 Å². The van der Waals surface area contributed by atoms with Crippen LogP contribution in [0.2, 0.25) is 0 Å². The van der Waals surface area contributed by atoms with Gasteiger partial charge in [0, 0.05) is 12.7 Å². The number of hydrogen-bond donors (Lipinski definition) is 3. The fourth-order valence-corrected chi connectivity index (χ4v) is 5.79. The van der Waals surface area contributed by atoms with Crippen LogP contribution in [0.5, 0.6) is 0 Å². The number of aliphatic hydroxyl groups excluding tert-OH is 1. The maximum atomic E-state index is 11.1. The first-order valence-corrected chi connectivity index (χ1v) is 7.39. The molecule has 0 saturated carbocycles. The van der Waals surface area contributed by atoms with Gasteiger partial charge >= 0.3 is 5.97 Å². The lowest BCUT2D eigenvalue weighted by atomic mass is 10.1. The molecule has 0 amide bonds. The molecule has 1 aromatic carbocycles. The molecule has 0 saturated heterocycles. The third-order valence-electron chi connectivity index (χ3n) is 2.02. The molecular weight excluding hydrogens is 551 g/mol. The summed E-state index contributed by atoms with van der Waals surface area (Å²) >= 11 is 5.87. The number of carboxylic acids is 1. The van der Waals surface area contributed by atoms with Crippen molar-refractivity contribution >= 4 is 79.4 Å². The van der Waals surface area contributed by atoms with Crippen LogP contribution in [0.1, 0.15) is 28.9 Å². The Morgan fingerprint density at radius 1 is 1.25 bits per heavy atom. The lowest BCUT2D eigenvalue weighted by molar-refractivity contribution is 0.0694. The van der Waals surface area contributed by atoms with Gasteiger partial charge in [-0.15, -0.1) is 0 Å². The maximum absolute atomic E-state index is 11.1. The average molecular weight is 559 g/mol. The highest BCUT2D eigenvalue weighted by Crippen LogP contribution is 2.36. The number of carboxylic acid groups (broad SMARTS) is 1. The summed E-state index contributed by atoms with van der Waals surface area (Å²) in [5.41, 5.74) is 6.99. The van der Waals surface area contributed by atoms with Gasteiger partial charge in [-0.05, 0) is 74.7 Å². The van der Waals surface area contributed by atoms with Crippen LogP contribution in [0, 0.1) is 10.7 Å². The summed E-state index contributed by atoms with van der Waals surface area (Å²) in [5, 5.41) is 18.8. The largest absolute Gasteiger partial charge is 0.478 e. The SMILES string of the molecule is CC(O)c1c(I)c(N)c(I)c(C(=O)O)c1I. The topological polar surface area (TPSA) is 83.5 Å². The third kappa shape index (κ3) is 2.56. The molecule has 0 aromatic heterocycles. The van der Waals surface area contributed by atoms with Crippen molar-refractivity contribution in [1.29, 1.82) is 0 Å². The smallest absolute Gasteiger partial charge is 0.337 e. The van der Waals surface area contributed by atoms with Gasteiger partial charge in [0.15, 0.2) is 0 Å². The van der Waals surface area contributed by atoms with Crippen LogP contribution in [-0.4, -0.2) is 16.2 Å². The molecule has 0 heterocycles. The van der Waals surface area contributed by atoms with Crippen LogP contribution in [0.4, 0.5) is 5.69 Å². The van der Waals surface area contributed by atoms with Gasteiger partial charge in [0.1, 0.15) is 0 Å². The molecule has 0 aliphatic carbocycles. The zero-order valence-electron chi connectivity index (χ0n) is 8.09. The molecule has 1 aromatic rings. The summed E-state index contributed by atoms with van der Waals surface area (Å²) in [6.45, 7) is 1.59. The van der Waals surface area contributed by atoms with Gasteiger partial charge in [0.2, 0.25) is 0 Å². The molecule has 0 fully saturated rings. The second-order valence-corrected chi connectivity index (χ2v) is 6.36. The lowest BCUT2D eigenvalue weighted by Gasteiger charge is -2.16. The number of benzene rings is 1. The van der Waals surface area contributed by atoms with Crippen LogP contribution < -0.4 is 5.73 Å². The van der Waals surface area contributed by atoms with E-state index in [4.69, 9.17) is 10.8 Å². The third-order valence-corrected chi connectivity index (χ3v) is 5.42. The van der Waals surface area contributed by atoms with Gasteiger partial charge in [-0.3, -0.25) is 0 Å². The number of aliphatic hydroxyl groups is 1. The zero-order chi connectivity index (χ0) is 12.6. The van der Waals surface area contributed by atoms with E-state index in [0.29, 0.717) is 22.0 Å². The number of nitrogens with two attached hydrogens (primary N) is 1. The van der Waals surface area contributed by atoms with E-state index in [2.05, 4.69) is 0 Å². The Morgan fingerprint density at radius 2 is 1.75 bits per heavy atom. The van der Waals surface area contributed by atoms with E-state index in [-0.39, 0.29) is 5.56 Å². The van der Waals surface area contributed by atoms with Gasteiger partial charge in [0.25, 0.3) is 0 Å². The molecule has 0 aliphatic heterocycles. The van der Waals surface area contributed by atoms with E-state index in [1.165, 1.54) is 0 Å². The molecular formula is C9H8I3NO3. The van der Waals surface area contributed by atoms with Gasteiger partial charge in [-0.25, -0.2) is 4.79 Å². The highest BCUT2D eigenvalue weighted by Gasteiger charge is 2.24. The maximum Gasteiger partial charge on any atom is 0.337 e. The minimum absolute atomic E-state index is 0.162. The minimum Gasteiger partial charge on any atom is -0.478 e. The monoisotopic (exact) mass is 559 g/mol. The lowest BCUT2D eigenvalue weighted by Crippen LogP contribution is -2.13. The second-order valence-electron chi connectivity index (χ2n) is 3.13. The van der Waals surface area contributed by atoms with Crippen molar-refractivity contribution in [2.24, 2.45) is 0 Å².